The molecule has 64 valence electrons. The highest BCUT2D eigenvalue weighted by molar-refractivity contribution is 5.47. The Labute approximate surface area is 68.0 Å². The van der Waals surface area contributed by atoms with Crippen molar-refractivity contribution < 1.29 is 4.79 Å². The van der Waals surface area contributed by atoms with Crippen molar-refractivity contribution in [2.75, 3.05) is 27.2 Å². The van der Waals surface area contributed by atoms with Gasteiger partial charge in [0.1, 0.15) is 0 Å². The molecule has 0 aromatic heterocycles. The fourth-order valence-corrected chi connectivity index (χ4v) is 1.50. The molecule has 1 rings (SSSR count). The van der Waals surface area contributed by atoms with Crippen LogP contribution in [0.3, 0.4) is 0 Å². The van der Waals surface area contributed by atoms with E-state index in [1.165, 1.54) is 6.42 Å². The molecule has 1 fully saturated rings. The number of carbonyl (C=O) groups is 1. The number of piperidine rings is 1. The Balaban J connectivity index is 2.39. The monoisotopic (exact) mass is 156 g/mol. The maximum absolute atomic E-state index is 10.4. The molecule has 0 spiro atoms. The maximum atomic E-state index is 10.4. The zero-order valence-corrected chi connectivity index (χ0v) is 7.29. The SMILES string of the molecule is CN(C)C1CCCN(C=O)C1. The standard InChI is InChI=1S/C8H16N2O/c1-9(2)8-4-3-5-10(6-8)7-11/h7-8H,3-6H2,1-2H3. The van der Waals surface area contributed by atoms with Crippen LogP contribution >= 0.6 is 0 Å². The van der Waals surface area contributed by atoms with Gasteiger partial charge in [-0.05, 0) is 26.9 Å². The van der Waals surface area contributed by atoms with E-state index in [2.05, 4.69) is 19.0 Å². The Bertz CT molecular complexity index is 136. The Kier molecular flexibility index (Phi) is 2.88. The quantitative estimate of drug-likeness (QED) is 0.532. The van der Waals surface area contributed by atoms with Crippen molar-refractivity contribution in [2.45, 2.75) is 18.9 Å². The Morgan fingerprint density at radius 1 is 1.55 bits per heavy atom. The van der Waals surface area contributed by atoms with Gasteiger partial charge in [0.25, 0.3) is 0 Å². The zero-order chi connectivity index (χ0) is 8.27. The molecule has 11 heavy (non-hydrogen) atoms. The molecule has 0 N–H and O–H groups in total. The molecule has 3 heteroatoms. The highest BCUT2D eigenvalue weighted by Gasteiger charge is 2.19. The average Bonchev–Trinajstić information content (AvgIpc) is 2.05. The van der Waals surface area contributed by atoms with Gasteiger partial charge in [0.2, 0.25) is 6.41 Å². The van der Waals surface area contributed by atoms with Crippen LogP contribution in [0.15, 0.2) is 0 Å². The largest absolute Gasteiger partial charge is 0.344 e. The third-order valence-electron chi connectivity index (χ3n) is 2.31. The highest BCUT2D eigenvalue weighted by atomic mass is 16.1. The third kappa shape index (κ3) is 2.19. The summed E-state index contributed by atoms with van der Waals surface area (Å²) in [7, 11) is 4.14. The lowest BCUT2D eigenvalue weighted by Crippen LogP contribution is -2.44. The van der Waals surface area contributed by atoms with Gasteiger partial charge in [-0.25, -0.2) is 0 Å². The predicted molar refractivity (Wildman–Crippen MR) is 44.3 cm³/mol. The van der Waals surface area contributed by atoms with Crippen LogP contribution in [0, 0.1) is 0 Å². The average molecular weight is 156 g/mol. The normalized spacial score (nSPS) is 25.7. The lowest BCUT2D eigenvalue weighted by Gasteiger charge is -2.33. The topological polar surface area (TPSA) is 23.6 Å². The fourth-order valence-electron chi connectivity index (χ4n) is 1.50. The highest BCUT2D eigenvalue weighted by Crippen LogP contribution is 2.11. The van der Waals surface area contributed by atoms with Crippen molar-refractivity contribution in [3.63, 3.8) is 0 Å². The fraction of sp³-hybridized carbons (Fsp3) is 0.875. The molecular formula is C8H16N2O. The maximum Gasteiger partial charge on any atom is 0.209 e. The third-order valence-corrected chi connectivity index (χ3v) is 2.31. The molecule has 0 radical (unpaired) electrons. The second kappa shape index (κ2) is 3.72. The molecule has 1 aliphatic heterocycles. The minimum absolute atomic E-state index is 0.564. The van der Waals surface area contributed by atoms with E-state index in [4.69, 9.17) is 0 Å². The summed E-state index contributed by atoms with van der Waals surface area (Å²) in [5, 5.41) is 0. The van der Waals surface area contributed by atoms with Gasteiger partial charge in [-0.2, -0.15) is 0 Å². The smallest absolute Gasteiger partial charge is 0.209 e. The predicted octanol–water partition coefficient (Wildman–Crippen LogP) is 0.169. The Hall–Kier alpha value is -0.570. The molecule has 1 aliphatic rings. The van der Waals surface area contributed by atoms with Crippen LogP contribution in [0.4, 0.5) is 0 Å². The van der Waals surface area contributed by atoms with E-state index in [1.54, 1.807) is 0 Å². The Morgan fingerprint density at radius 3 is 2.82 bits per heavy atom. The van der Waals surface area contributed by atoms with Crippen LogP contribution in [0.25, 0.3) is 0 Å². The van der Waals surface area contributed by atoms with Crippen LogP contribution in [0.5, 0.6) is 0 Å². The van der Waals surface area contributed by atoms with Crippen LogP contribution in [-0.4, -0.2) is 49.4 Å². The van der Waals surface area contributed by atoms with Crippen LogP contribution in [0.2, 0.25) is 0 Å². The lowest BCUT2D eigenvalue weighted by atomic mass is 10.1. The molecule has 0 aromatic rings. The summed E-state index contributed by atoms with van der Waals surface area (Å²) in [4.78, 5) is 14.5. The van der Waals surface area contributed by atoms with E-state index < -0.39 is 0 Å². The van der Waals surface area contributed by atoms with E-state index in [1.807, 2.05) is 4.90 Å². The van der Waals surface area contributed by atoms with Crippen molar-refractivity contribution in [3.8, 4) is 0 Å². The number of amides is 1. The number of rotatable bonds is 2. The first-order valence-corrected chi connectivity index (χ1v) is 4.10. The van der Waals surface area contributed by atoms with Gasteiger partial charge in [-0.15, -0.1) is 0 Å². The summed E-state index contributed by atoms with van der Waals surface area (Å²) in [6.07, 6.45) is 3.31. The molecule has 0 aromatic carbocycles. The molecule has 1 amide bonds. The molecule has 3 nitrogen and oxygen atoms in total. The van der Waals surface area contributed by atoms with Crippen molar-refractivity contribution >= 4 is 6.41 Å². The van der Waals surface area contributed by atoms with Crippen molar-refractivity contribution in [1.29, 1.82) is 0 Å². The molecule has 0 aliphatic carbocycles. The number of carbonyl (C=O) groups excluding carboxylic acids is 1. The van der Waals surface area contributed by atoms with Gasteiger partial charge in [0.15, 0.2) is 0 Å². The summed E-state index contributed by atoms with van der Waals surface area (Å²) in [5.74, 6) is 0. The minimum atomic E-state index is 0.564. The second-order valence-electron chi connectivity index (χ2n) is 3.36. The molecular weight excluding hydrogens is 140 g/mol. The van der Waals surface area contributed by atoms with Crippen molar-refractivity contribution in [1.82, 2.24) is 9.80 Å². The van der Waals surface area contributed by atoms with Crippen LogP contribution in [-0.2, 0) is 4.79 Å². The van der Waals surface area contributed by atoms with E-state index in [-0.39, 0.29) is 0 Å². The van der Waals surface area contributed by atoms with Gasteiger partial charge in [0.05, 0.1) is 0 Å². The first-order chi connectivity index (χ1) is 5.24. The molecule has 1 heterocycles. The number of likely N-dealkylation sites (tertiary alicyclic amines) is 1. The molecule has 1 unspecified atom stereocenters. The van der Waals surface area contributed by atoms with Gasteiger partial charge in [-0.1, -0.05) is 0 Å². The summed E-state index contributed by atoms with van der Waals surface area (Å²) < 4.78 is 0. The van der Waals surface area contributed by atoms with Gasteiger partial charge in [0, 0.05) is 19.1 Å². The lowest BCUT2D eigenvalue weighted by molar-refractivity contribution is -0.119. The van der Waals surface area contributed by atoms with Gasteiger partial charge >= 0.3 is 0 Å². The molecule has 0 bridgehead atoms. The summed E-state index contributed by atoms with van der Waals surface area (Å²) >= 11 is 0. The second-order valence-corrected chi connectivity index (χ2v) is 3.36. The van der Waals surface area contributed by atoms with Crippen LogP contribution in [0.1, 0.15) is 12.8 Å². The number of hydrogen-bond acceptors (Lipinski definition) is 2. The number of nitrogens with zero attached hydrogens (tertiary/aromatic N) is 2. The summed E-state index contributed by atoms with van der Waals surface area (Å²) in [6, 6.07) is 0.564. The van der Waals surface area contributed by atoms with Crippen molar-refractivity contribution in [2.24, 2.45) is 0 Å². The first-order valence-electron chi connectivity index (χ1n) is 4.10. The molecule has 1 saturated heterocycles. The summed E-state index contributed by atoms with van der Waals surface area (Å²) in [5.41, 5.74) is 0. The van der Waals surface area contributed by atoms with Crippen molar-refractivity contribution in [3.05, 3.63) is 0 Å². The van der Waals surface area contributed by atoms with Gasteiger partial charge in [-0.3, -0.25) is 4.79 Å². The van der Waals surface area contributed by atoms with Crippen LogP contribution < -0.4 is 0 Å². The van der Waals surface area contributed by atoms with Gasteiger partial charge < -0.3 is 9.80 Å². The number of hydrogen-bond donors (Lipinski definition) is 0. The van der Waals surface area contributed by atoms with E-state index in [0.29, 0.717) is 6.04 Å². The molecule has 0 saturated carbocycles. The minimum Gasteiger partial charge on any atom is -0.344 e. The Morgan fingerprint density at radius 2 is 2.27 bits per heavy atom. The first kappa shape index (κ1) is 8.53. The van der Waals surface area contributed by atoms with E-state index in [9.17, 15) is 4.79 Å². The molecule has 1 atom stereocenters. The van der Waals surface area contributed by atoms with E-state index >= 15 is 0 Å². The number of likely N-dealkylation sites (N-methyl/N-ethyl adjacent to an activating group) is 1. The van der Waals surface area contributed by atoms with E-state index in [0.717, 1.165) is 25.9 Å². The summed E-state index contributed by atoms with van der Waals surface area (Å²) in [6.45, 7) is 1.84. The zero-order valence-electron chi connectivity index (χ0n) is 7.29.